The molecule has 2 heterocycles. The monoisotopic (exact) mass is 246 g/mol. The lowest BCUT2D eigenvalue weighted by molar-refractivity contribution is 0.0690. The number of nitrogens with zero attached hydrogens (tertiary/aromatic N) is 3. The lowest BCUT2D eigenvalue weighted by Gasteiger charge is -2.04. The molecule has 0 saturated carbocycles. The van der Waals surface area contributed by atoms with Gasteiger partial charge in [0.25, 0.3) is 0 Å². The van der Waals surface area contributed by atoms with Crippen LogP contribution in [0.3, 0.4) is 0 Å². The second kappa shape index (κ2) is 4.87. The number of pyridine rings is 1. The second-order valence-corrected chi connectivity index (χ2v) is 3.97. The Balaban J connectivity index is 2.08. The Morgan fingerprint density at radius 2 is 2.28 bits per heavy atom. The zero-order valence-electron chi connectivity index (χ0n) is 10.2. The molecule has 94 valence electrons. The van der Waals surface area contributed by atoms with Crippen LogP contribution in [0.2, 0.25) is 0 Å². The molecule has 6 nitrogen and oxygen atoms in total. The summed E-state index contributed by atoms with van der Waals surface area (Å²) in [5.74, 6) is -1.02. The summed E-state index contributed by atoms with van der Waals surface area (Å²) in [6.45, 7) is 2.37. The zero-order valence-corrected chi connectivity index (χ0v) is 10.2. The number of carboxylic acids is 1. The molecule has 0 saturated heterocycles. The number of nitrogens with one attached hydrogen (secondary N) is 1. The molecule has 6 heteroatoms. The molecular weight excluding hydrogens is 232 g/mol. The highest BCUT2D eigenvalue weighted by atomic mass is 16.4. The van der Waals surface area contributed by atoms with Crippen LogP contribution >= 0.6 is 0 Å². The third-order valence-electron chi connectivity index (χ3n) is 2.50. The van der Waals surface area contributed by atoms with Crippen molar-refractivity contribution >= 4 is 11.7 Å². The van der Waals surface area contributed by atoms with Gasteiger partial charge in [-0.25, -0.2) is 9.78 Å². The summed E-state index contributed by atoms with van der Waals surface area (Å²) in [5, 5.41) is 16.2. The van der Waals surface area contributed by atoms with Gasteiger partial charge in [0.15, 0.2) is 0 Å². The number of carboxylic acid groups (broad SMARTS) is 1. The summed E-state index contributed by atoms with van der Waals surface area (Å²) in [7, 11) is 1.85. The van der Waals surface area contributed by atoms with Crippen molar-refractivity contribution in [3.05, 3.63) is 41.5 Å². The van der Waals surface area contributed by atoms with Crippen molar-refractivity contribution in [2.24, 2.45) is 7.05 Å². The fourth-order valence-corrected chi connectivity index (χ4v) is 1.66. The van der Waals surface area contributed by atoms with Gasteiger partial charge in [0.05, 0.1) is 23.6 Å². The number of aromatic carboxylic acids is 1. The van der Waals surface area contributed by atoms with E-state index in [9.17, 15) is 4.79 Å². The maximum absolute atomic E-state index is 10.8. The van der Waals surface area contributed by atoms with Gasteiger partial charge in [0, 0.05) is 13.2 Å². The molecule has 0 bridgehead atoms. The van der Waals surface area contributed by atoms with Crippen LogP contribution in [0.4, 0.5) is 5.69 Å². The summed E-state index contributed by atoms with van der Waals surface area (Å²) in [4.78, 5) is 14.8. The number of carbonyl (C=O) groups is 1. The smallest absolute Gasteiger partial charge is 0.354 e. The molecule has 2 aromatic heterocycles. The van der Waals surface area contributed by atoms with E-state index in [0.29, 0.717) is 12.2 Å². The SMILES string of the molecule is Cc1nn(C)cc1NCc1cccc(C(=O)O)n1. The van der Waals surface area contributed by atoms with Crippen LogP contribution in [0.5, 0.6) is 0 Å². The van der Waals surface area contributed by atoms with Gasteiger partial charge in [0.2, 0.25) is 0 Å². The molecule has 0 aromatic carbocycles. The maximum Gasteiger partial charge on any atom is 0.354 e. The van der Waals surface area contributed by atoms with E-state index >= 15 is 0 Å². The molecular formula is C12H14N4O2. The lowest BCUT2D eigenvalue weighted by atomic mass is 10.3. The first-order chi connectivity index (χ1) is 8.56. The van der Waals surface area contributed by atoms with Crippen LogP contribution in [0, 0.1) is 6.92 Å². The molecule has 2 N–H and O–H groups in total. The molecule has 0 aliphatic carbocycles. The number of aromatic nitrogens is 3. The standard InChI is InChI=1S/C12H14N4O2/c1-8-11(7-16(2)15-8)13-6-9-4-3-5-10(14-9)12(17)18/h3-5,7,13H,6H2,1-2H3,(H,17,18). The Morgan fingerprint density at radius 1 is 1.50 bits per heavy atom. The van der Waals surface area contributed by atoms with E-state index in [1.165, 1.54) is 6.07 Å². The maximum atomic E-state index is 10.8. The van der Waals surface area contributed by atoms with Crippen molar-refractivity contribution in [2.75, 3.05) is 5.32 Å². The quantitative estimate of drug-likeness (QED) is 0.853. The number of aryl methyl sites for hydroxylation is 2. The highest BCUT2D eigenvalue weighted by Crippen LogP contribution is 2.12. The fraction of sp³-hybridized carbons (Fsp3) is 0.250. The highest BCUT2D eigenvalue weighted by molar-refractivity contribution is 5.85. The van der Waals surface area contributed by atoms with Crippen molar-refractivity contribution < 1.29 is 9.90 Å². The molecule has 0 spiro atoms. The third-order valence-corrected chi connectivity index (χ3v) is 2.50. The van der Waals surface area contributed by atoms with E-state index < -0.39 is 5.97 Å². The first-order valence-corrected chi connectivity index (χ1v) is 5.49. The molecule has 18 heavy (non-hydrogen) atoms. The average molecular weight is 246 g/mol. The van der Waals surface area contributed by atoms with Gasteiger partial charge >= 0.3 is 5.97 Å². The molecule has 2 rings (SSSR count). The van der Waals surface area contributed by atoms with E-state index in [-0.39, 0.29) is 5.69 Å². The minimum atomic E-state index is -1.02. The number of hydrogen-bond acceptors (Lipinski definition) is 4. The van der Waals surface area contributed by atoms with Gasteiger partial charge in [-0.1, -0.05) is 6.07 Å². The normalized spacial score (nSPS) is 10.3. The van der Waals surface area contributed by atoms with E-state index in [2.05, 4.69) is 15.4 Å². The highest BCUT2D eigenvalue weighted by Gasteiger charge is 2.06. The van der Waals surface area contributed by atoms with Crippen molar-refractivity contribution in [2.45, 2.75) is 13.5 Å². The number of anilines is 1. The molecule has 0 unspecified atom stereocenters. The Bertz CT molecular complexity index is 577. The molecule has 0 aliphatic rings. The van der Waals surface area contributed by atoms with E-state index in [1.54, 1.807) is 16.8 Å². The van der Waals surface area contributed by atoms with Crippen LogP contribution in [-0.2, 0) is 13.6 Å². The second-order valence-electron chi connectivity index (χ2n) is 3.97. The minimum Gasteiger partial charge on any atom is -0.477 e. The van der Waals surface area contributed by atoms with Crippen LogP contribution in [0.25, 0.3) is 0 Å². The molecule has 0 fully saturated rings. The summed E-state index contributed by atoms with van der Waals surface area (Å²) in [6, 6.07) is 4.94. The minimum absolute atomic E-state index is 0.0530. The average Bonchev–Trinajstić information content (AvgIpc) is 2.65. The van der Waals surface area contributed by atoms with E-state index in [0.717, 1.165) is 11.4 Å². The van der Waals surface area contributed by atoms with Gasteiger partial charge in [-0.15, -0.1) is 0 Å². The Kier molecular flexibility index (Phi) is 3.27. The van der Waals surface area contributed by atoms with Crippen LogP contribution < -0.4 is 5.32 Å². The molecule has 0 atom stereocenters. The third kappa shape index (κ3) is 2.65. The number of hydrogen-bond donors (Lipinski definition) is 2. The first kappa shape index (κ1) is 12.1. The van der Waals surface area contributed by atoms with Gasteiger partial charge < -0.3 is 10.4 Å². The summed E-state index contributed by atoms with van der Waals surface area (Å²) >= 11 is 0. The molecule has 0 aliphatic heterocycles. The Morgan fingerprint density at radius 3 is 2.89 bits per heavy atom. The van der Waals surface area contributed by atoms with Gasteiger partial charge in [-0.3, -0.25) is 4.68 Å². The predicted octanol–water partition coefficient (Wildman–Crippen LogP) is 1.43. The van der Waals surface area contributed by atoms with Gasteiger partial charge in [-0.05, 0) is 19.1 Å². The summed E-state index contributed by atoms with van der Waals surface area (Å²) in [6.07, 6.45) is 1.87. The van der Waals surface area contributed by atoms with Crippen LogP contribution in [-0.4, -0.2) is 25.8 Å². The zero-order chi connectivity index (χ0) is 13.1. The molecule has 0 amide bonds. The molecule has 2 aromatic rings. The lowest BCUT2D eigenvalue weighted by Crippen LogP contribution is -2.06. The topological polar surface area (TPSA) is 80.0 Å². The summed E-state index contributed by atoms with van der Waals surface area (Å²) in [5.41, 5.74) is 2.54. The van der Waals surface area contributed by atoms with Gasteiger partial charge in [0.1, 0.15) is 5.69 Å². The largest absolute Gasteiger partial charge is 0.477 e. The van der Waals surface area contributed by atoms with Gasteiger partial charge in [-0.2, -0.15) is 5.10 Å². The molecule has 0 radical (unpaired) electrons. The predicted molar refractivity (Wildman–Crippen MR) is 66.5 cm³/mol. The van der Waals surface area contributed by atoms with Crippen molar-refractivity contribution in [1.82, 2.24) is 14.8 Å². The van der Waals surface area contributed by atoms with Crippen molar-refractivity contribution in [1.29, 1.82) is 0 Å². The summed E-state index contributed by atoms with van der Waals surface area (Å²) < 4.78 is 1.72. The van der Waals surface area contributed by atoms with Crippen LogP contribution in [0.15, 0.2) is 24.4 Å². The first-order valence-electron chi connectivity index (χ1n) is 5.49. The van der Waals surface area contributed by atoms with Crippen LogP contribution in [0.1, 0.15) is 21.9 Å². The van der Waals surface area contributed by atoms with E-state index in [4.69, 9.17) is 5.11 Å². The number of rotatable bonds is 4. The van der Waals surface area contributed by atoms with Crippen molar-refractivity contribution in [3.8, 4) is 0 Å². The Labute approximate surface area is 104 Å². The van der Waals surface area contributed by atoms with Crippen molar-refractivity contribution in [3.63, 3.8) is 0 Å². The Hall–Kier alpha value is -2.37. The van der Waals surface area contributed by atoms with E-state index in [1.807, 2.05) is 20.2 Å². The fourth-order valence-electron chi connectivity index (χ4n) is 1.66.